The van der Waals surface area contributed by atoms with Gasteiger partial charge in [0.15, 0.2) is 5.78 Å². The average Bonchev–Trinajstić information content (AvgIpc) is 3.44. The molecule has 2 fully saturated rings. The molecule has 2 aromatic heterocycles. The zero-order valence-electron chi connectivity index (χ0n) is 15.3. The number of fused-ring (bicyclic) bond motifs is 1. The summed E-state index contributed by atoms with van der Waals surface area (Å²) in [6.07, 6.45) is 11.3. The molecule has 2 aliphatic carbocycles. The number of ketones is 1. The largest absolute Gasteiger partial charge is 0.306 e. The van der Waals surface area contributed by atoms with Crippen LogP contribution in [0.15, 0.2) is 49.1 Å². The Kier molecular flexibility index (Phi) is 4.07. The summed E-state index contributed by atoms with van der Waals surface area (Å²) in [5, 5.41) is 0. The van der Waals surface area contributed by atoms with Crippen molar-refractivity contribution in [2.75, 3.05) is 0 Å². The van der Waals surface area contributed by atoms with E-state index in [0.29, 0.717) is 5.92 Å². The number of nitrogens with zero attached hydrogens (tertiary/aromatic N) is 2. The van der Waals surface area contributed by atoms with Gasteiger partial charge in [-0.3, -0.25) is 4.79 Å². The topological polar surface area (TPSA) is 34.4 Å². The van der Waals surface area contributed by atoms with Crippen LogP contribution >= 0.6 is 0 Å². The number of carbonyl (C=O) groups is 1. The molecule has 0 N–H and O–H groups in total. The summed E-state index contributed by atoms with van der Waals surface area (Å²) in [6, 6.07) is 9.16. The molecule has 0 spiro atoms. The molecule has 1 aromatic carbocycles. The lowest BCUT2D eigenvalue weighted by Crippen LogP contribution is -2.23. The van der Waals surface area contributed by atoms with Crippen LogP contribution in [0.25, 0.3) is 5.52 Å². The molecule has 0 saturated heterocycles. The maximum absolute atomic E-state index is 14.1. The number of imidazole rings is 1. The second-order valence-corrected chi connectivity index (χ2v) is 8.04. The fraction of sp³-hybridized carbons (Fsp3) is 0.391. The summed E-state index contributed by atoms with van der Waals surface area (Å²) in [5.41, 5.74) is 3.82. The Labute approximate surface area is 158 Å². The minimum atomic E-state index is -0.118. The van der Waals surface area contributed by atoms with Crippen LogP contribution in [0.4, 0.5) is 4.39 Å². The molecule has 0 aliphatic heterocycles. The molecular formula is C23H23FN2O. The first-order valence-corrected chi connectivity index (χ1v) is 9.95. The van der Waals surface area contributed by atoms with Crippen molar-refractivity contribution in [3.63, 3.8) is 0 Å². The van der Waals surface area contributed by atoms with Gasteiger partial charge in [0.1, 0.15) is 5.82 Å². The van der Waals surface area contributed by atoms with E-state index in [0.717, 1.165) is 42.3 Å². The van der Waals surface area contributed by atoms with E-state index in [-0.39, 0.29) is 23.4 Å². The third-order valence-electron chi connectivity index (χ3n) is 6.33. The lowest BCUT2D eigenvalue weighted by molar-refractivity contribution is 0.0884. The Morgan fingerprint density at radius 3 is 2.41 bits per heavy atom. The van der Waals surface area contributed by atoms with Crippen molar-refractivity contribution in [1.29, 1.82) is 0 Å². The van der Waals surface area contributed by atoms with Crippen LogP contribution < -0.4 is 0 Å². The fourth-order valence-electron chi connectivity index (χ4n) is 4.69. The highest BCUT2D eigenvalue weighted by atomic mass is 19.1. The van der Waals surface area contributed by atoms with Gasteiger partial charge in [-0.2, -0.15) is 0 Å². The molecule has 2 aliphatic rings. The molecule has 0 radical (unpaired) electrons. The first-order valence-electron chi connectivity index (χ1n) is 9.95. The first-order chi connectivity index (χ1) is 13.2. The van der Waals surface area contributed by atoms with Crippen LogP contribution in [0.2, 0.25) is 0 Å². The van der Waals surface area contributed by atoms with Crippen LogP contribution in [0.5, 0.6) is 0 Å². The Hall–Kier alpha value is -2.49. The molecule has 2 heterocycles. The highest BCUT2D eigenvalue weighted by Gasteiger charge is 2.34. The number of pyridine rings is 1. The van der Waals surface area contributed by atoms with Gasteiger partial charge in [-0.1, -0.05) is 18.2 Å². The summed E-state index contributed by atoms with van der Waals surface area (Å²) in [4.78, 5) is 17.7. The third-order valence-corrected chi connectivity index (χ3v) is 6.33. The standard InChI is InChI=1S/C23H23FN2O/c24-20-4-2-1-3-18(20)15-7-9-17(10-8-15)23(27)22-19(16-5-6-16)11-12-26-14-25-13-21(22)26/h1-4,11-17H,5-10H2. The second kappa shape index (κ2) is 6.59. The number of halogens is 1. The van der Waals surface area contributed by atoms with Crippen molar-refractivity contribution in [2.24, 2.45) is 5.92 Å². The third kappa shape index (κ3) is 2.97. The number of aromatic nitrogens is 2. The van der Waals surface area contributed by atoms with Gasteiger partial charge in [-0.05, 0) is 73.6 Å². The monoisotopic (exact) mass is 362 g/mol. The quantitative estimate of drug-likeness (QED) is 0.574. The van der Waals surface area contributed by atoms with E-state index in [2.05, 4.69) is 11.1 Å². The zero-order valence-corrected chi connectivity index (χ0v) is 15.3. The Balaban J connectivity index is 1.40. The smallest absolute Gasteiger partial charge is 0.168 e. The van der Waals surface area contributed by atoms with Crippen molar-refractivity contribution >= 4 is 11.3 Å². The number of hydrogen-bond acceptors (Lipinski definition) is 2. The summed E-state index contributed by atoms with van der Waals surface area (Å²) >= 11 is 0. The van der Waals surface area contributed by atoms with Crippen LogP contribution in [-0.2, 0) is 0 Å². The van der Waals surface area contributed by atoms with E-state index in [1.165, 1.54) is 24.5 Å². The van der Waals surface area contributed by atoms with Gasteiger partial charge in [0.05, 0.1) is 18.0 Å². The summed E-state index contributed by atoms with van der Waals surface area (Å²) in [7, 11) is 0. The second-order valence-electron chi connectivity index (χ2n) is 8.04. The normalized spacial score (nSPS) is 22.9. The van der Waals surface area contributed by atoms with Crippen molar-refractivity contribution in [1.82, 2.24) is 9.38 Å². The molecule has 2 saturated carbocycles. The number of rotatable bonds is 4. The molecule has 138 valence electrons. The van der Waals surface area contributed by atoms with E-state index in [1.54, 1.807) is 12.4 Å². The van der Waals surface area contributed by atoms with Crippen LogP contribution in [0.1, 0.15) is 71.8 Å². The molecule has 3 nitrogen and oxygen atoms in total. The zero-order chi connectivity index (χ0) is 18.4. The van der Waals surface area contributed by atoms with Gasteiger partial charge in [0, 0.05) is 17.7 Å². The van der Waals surface area contributed by atoms with E-state index in [1.807, 2.05) is 28.9 Å². The summed E-state index contributed by atoms with van der Waals surface area (Å²) in [5.74, 6) is 0.927. The lowest BCUT2D eigenvalue weighted by Gasteiger charge is -2.28. The number of Topliss-reactive ketones (excluding diaryl/α,β-unsaturated/α-hetero) is 1. The van der Waals surface area contributed by atoms with E-state index >= 15 is 0 Å². The van der Waals surface area contributed by atoms with Gasteiger partial charge in [0.25, 0.3) is 0 Å². The molecule has 0 atom stereocenters. The lowest BCUT2D eigenvalue weighted by atomic mass is 9.75. The molecule has 0 bridgehead atoms. The predicted octanol–water partition coefficient (Wildman–Crippen LogP) is 5.51. The maximum atomic E-state index is 14.1. The van der Waals surface area contributed by atoms with Crippen LogP contribution in [-0.4, -0.2) is 15.2 Å². The molecule has 27 heavy (non-hydrogen) atoms. The van der Waals surface area contributed by atoms with E-state index in [9.17, 15) is 9.18 Å². The highest BCUT2D eigenvalue weighted by Crippen LogP contribution is 2.44. The van der Waals surface area contributed by atoms with E-state index in [4.69, 9.17) is 0 Å². The summed E-state index contributed by atoms with van der Waals surface area (Å²) < 4.78 is 16.1. The number of hydrogen-bond donors (Lipinski definition) is 0. The van der Waals surface area contributed by atoms with E-state index < -0.39 is 0 Å². The molecule has 0 unspecified atom stereocenters. The van der Waals surface area contributed by atoms with Gasteiger partial charge >= 0.3 is 0 Å². The fourth-order valence-corrected chi connectivity index (χ4v) is 4.69. The Morgan fingerprint density at radius 1 is 0.963 bits per heavy atom. The van der Waals surface area contributed by atoms with Gasteiger partial charge in [-0.15, -0.1) is 0 Å². The Bertz CT molecular complexity index is 997. The van der Waals surface area contributed by atoms with Gasteiger partial charge in [-0.25, -0.2) is 9.37 Å². The molecule has 5 rings (SSSR count). The van der Waals surface area contributed by atoms with Gasteiger partial charge < -0.3 is 4.40 Å². The molecule has 3 aromatic rings. The number of carbonyl (C=O) groups excluding carboxylic acids is 1. The Morgan fingerprint density at radius 2 is 1.67 bits per heavy atom. The van der Waals surface area contributed by atoms with Gasteiger partial charge in [0.2, 0.25) is 0 Å². The minimum absolute atomic E-state index is 0.0339. The first kappa shape index (κ1) is 16.7. The average molecular weight is 362 g/mol. The predicted molar refractivity (Wildman–Crippen MR) is 103 cm³/mol. The molecule has 0 amide bonds. The van der Waals surface area contributed by atoms with Crippen molar-refractivity contribution in [3.05, 3.63) is 71.6 Å². The molecular weight excluding hydrogens is 339 g/mol. The van der Waals surface area contributed by atoms with Crippen molar-refractivity contribution in [2.45, 2.75) is 50.4 Å². The van der Waals surface area contributed by atoms with Crippen LogP contribution in [0, 0.1) is 11.7 Å². The SMILES string of the molecule is O=C(c1c(C2CC2)ccn2cncc12)C1CCC(c2ccccc2F)CC1. The minimum Gasteiger partial charge on any atom is -0.306 e. The number of benzene rings is 1. The highest BCUT2D eigenvalue weighted by molar-refractivity contribution is 6.05. The van der Waals surface area contributed by atoms with Crippen molar-refractivity contribution < 1.29 is 9.18 Å². The summed E-state index contributed by atoms with van der Waals surface area (Å²) in [6.45, 7) is 0. The van der Waals surface area contributed by atoms with Crippen LogP contribution in [0.3, 0.4) is 0 Å². The maximum Gasteiger partial charge on any atom is 0.168 e. The molecule has 4 heteroatoms. The van der Waals surface area contributed by atoms with Crippen molar-refractivity contribution in [3.8, 4) is 0 Å².